The third kappa shape index (κ3) is 3.81. The average Bonchev–Trinajstić information content (AvgIpc) is 2.47. The van der Waals surface area contributed by atoms with Gasteiger partial charge < -0.3 is 9.47 Å². The van der Waals surface area contributed by atoms with Crippen molar-refractivity contribution in [1.29, 1.82) is 5.26 Å². The highest BCUT2D eigenvalue weighted by atomic mass is 32.2. The molecule has 0 saturated carbocycles. The van der Waals surface area contributed by atoms with Crippen molar-refractivity contribution in [3.8, 4) is 17.6 Å². The number of nitrogens with zero attached hydrogens (tertiary/aromatic N) is 1. The van der Waals surface area contributed by atoms with Crippen LogP contribution < -0.4 is 14.8 Å². The van der Waals surface area contributed by atoms with Crippen molar-refractivity contribution in [2.24, 2.45) is 0 Å². The first kappa shape index (κ1) is 15.0. The first-order chi connectivity index (χ1) is 9.67. The van der Waals surface area contributed by atoms with E-state index in [9.17, 15) is 5.26 Å². The van der Waals surface area contributed by atoms with Gasteiger partial charge >= 0.3 is 0 Å². The van der Waals surface area contributed by atoms with Crippen molar-refractivity contribution in [2.45, 2.75) is 30.7 Å². The molecule has 0 fully saturated rings. The van der Waals surface area contributed by atoms with Gasteiger partial charge in [0.1, 0.15) is 18.8 Å². The maximum atomic E-state index is 9.21. The van der Waals surface area contributed by atoms with Crippen molar-refractivity contribution < 1.29 is 9.47 Å². The fourth-order valence-electron chi connectivity index (χ4n) is 2.06. The van der Waals surface area contributed by atoms with Crippen molar-refractivity contribution in [1.82, 2.24) is 5.32 Å². The zero-order chi connectivity index (χ0) is 14.4. The second kappa shape index (κ2) is 6.87. The summed E-state index contributed by atoms with van der Waals surface area (Å²) in [5, 5.41) is 12.4. The third-order valence-corrected chi connectivity index (χ3v) is 4.19. The number of hydrogen-bond acceptors (Lipinski definition) is 5. The van der Waals surface area contributed by atoms with Crippen LogP contribution in [0, 0.1) is 11.3 Å². The summed E-state index contributed by atoms with van der Waals surface area (Å²) in [5.74, 6) is 2.52. The lowest BCUT2D eigenvalue weighted by molar-refractivity contribution is 0.171. The van der Waals surface area contributed by atoms with E-state index in [0.717, 1.165) is 35.1 Å². The number of nitriles is 1. The van der Waals surface area contributed by atoms with E-state index in [1.54, 1.807) is 11.8 Å². The summed E-state index contributed by atoms with van der Waals surface area (Å²) in [6, 6.07) is 8.34. The highest BCUT2D eigenvalue weighted by Gasteiger charge is 2.21. The molecule has 0 bridgehead atoms. The molecule has 1 heterocycles. The van der Waals surface area contributed by atoms with Crippen LogP contribution in [0.4, 0.5) is 0 Å². The minimum Gasteiger partial charge on any atom is -0.486 e. The molecule has 0 spiro atoms. The van der Waals surface area contributed by atoms with E-state index in [-0.39, 0.29) is 0 Å². The third-order valence-electron chi connectivity index (χ3n) is 3.20. The Morgan fingerprint density at radius 3 is 2.80 bits per heavy atom. The Kier molecular flexibility index (Phi) is 5.16. The normalized spacial score (nSPS) is 16.2. The molecule has 0 aliphatic carbocycles. The van der Waals surface area contributed by atoms with Gasteiger partial charge in [0.25, 0.3) is 0 Å². The molecule has 0 aromatic heterocycles. The van der Waals surface area contributed by atoms with Crippen molar-refractivity contribution >= 4 is 11.8 Å². The first-order valence-corrected chi connectivity index (χ1v) is 7.84. The van der Waals surface area contributed by atoms with E-state index in [2.05, 4.69) is 11.4 Å². The summed E-state index contributed by atoms with van der Waals surface area (Å²) in [7, 11) is 0. The van der Waals surface area contributed by atoms with E-state index < -0.39 is 5.54 Å². The summed E-state index contributed by atoms with van der Waals surface area (Å²) in [4.78, 5) is 1.14. The van der Waals surface area contributed by atoms with Gasteiger partial charge in [-0.25, -0.2) is 0 Å². The summed E-state index contributed by atoms with van der Waals surface area (Å²) in [6.45, 7) is 5.99. The minimum atomic E-state index is -0.449. The van der Waals surface area contributed by atoms with Crippen LogP contribution in [0.2, 0.25) is 0 Å². The van der Waals surface area contributed by atoms with Crippen molar-refractivity contribution in [2.75, 3.05) is 25.5 Å². The average molecular weight is 292 g/mol. The number of thioether (sulfide) groups is 1. The Morgan fingerprint density at radius 2 is 2.10 bits per heavy atom. The summed E-state index contributed by atoms with van der Waals surface area (Å²) in [5.41, 5.74) is -0.449. The Morgan fingerprint density at radius 1 is 1.35 bits per heavy atom. The van der Waals surface area contributed by atoms with Gasteiger partial charge in [-0.1, -0.05) is 6.92 Å². The predicted octanol–water partition coefficient (Wildman–Crippen LogP) is 2.83. The lowest BCUT2D eigenvalue weighted by atomic mass is 10.0. The second-order valence-corrected chi connectivity index (χ2v) is 6.05. The molecule has 0 radical (unpaired) electrons. The van der Waals surface area contributed by atoms with Crippen molar-refractivity contribution in [3.63, 3.8) is 0 Å². The summed E-state index contributed by atoms with van der Waals surface area (Å²) >= 11 is 1.73. The van der Waals surface area contributed by atoms with Crippen molar-refractivity contribution in [3.05, 3.63) is 18.2 Å². The second-order valence-electron chi connectivity index (χ2n) is 4.88. The maximum absolute atomic E-state index is 9.21. The lowest BCUT2D eigenvalue weighted by Crippen LogP contribution is -2.41. The first-order valence-electron chi connectivity index (χ1n) is 6.85. The number of fused-ring (bicyclic) bond motifs is 1. The molecule has 1 atom stereocenters. The Balaban J connectivity index is 1.90. The quantitative estimate of drug-likeness (QED) is 0.817. The lowest BCUT2D eigenvalue weighted by Gasteiger charge is -2.22. The molecule has 1 aromatic rings. The van der Waals surface area contributed by atoms with Gasteiger partial charge in [0.05, 0.1) is 6.07 Å². The number of nitrogens with one attached hydrogen (secondary N) is 1. The van der Waals surface area contributed by atoms with Crippen LogP contribution in [-0.2, 0) is 0 Å². The molecule has 4 nitrogen and oxygen atoms in total. The zero-order valence-corrected chi connectivity index (χ0v) is 12.8. The summed E-state index contributed by atoms with van der Waals surface area (Å²) in [6.07, 6.45) is 0.802. The van der Waals surface area contributed by atoms with Crippen LogP contribution in [0.1, 0.15) is 20.3 Å². The molecule has 1 aliphatic heterocycles. The van der Waals surface area contributed by atoms with Gasteiger partial charge in [0.15, 0.2) is 11.5 Å². The SMILES string of the molecule is CCNC(C)(C#N)CCSc1ccc2c(c1)OCCO2. The largest absolute Gasteiger partial charge is 0.486 e. The topological polar surface area (TPSA) is 54.3 Å². The number of ether oxygens (including phenoxy) is 2. The fraction of sp³-hybridized carbons (Fsp3) is 0.533. The summed E-state index contributed by atoms with van der Waals surface area (Å²) < 4.78 is 11.1. The smallest absolute Gasteiger partial charge is 0.162 e. The van der Waals surface area contributed by atoms with E-state index >= 15 is 0 Å². The molecular weight excluding hydrogens is 272 g/mol. The van der Waals surface area contributed by atoms with Gasteiger partial charge in [-0.3, -0.25) is 5.32 Å². The van der Waals surface area contributed by atoms with E-state index in [4.69, 9.17) is 9.47 Å². The van der Waals surface area contributed by atoms with Gasteiger partial charge in [-0.15, -0.1) is 11.8 Å². The molecule has 2 rings (SSSR count). The molecule has 20 heavy (non-hydrogen) atoms. The Labute approximate surface area is 124 Å². The van der Waals surface area contributed by atoms with Crippen LogP contribution in [0.25, 0.3) is 0 Å². The van der Waals surface area contributed by atoms with Gasteiger partial charge in [0, 0.05) is 10.6 Å². The van der Waals surface area contributed by atoms with Crippen LogP contribution in [0.3, 0.4) is 0 Å². The number of hydrogen-bond donors (Lipinski definition) is 1. The van der Waals surface area contributed by atoms with Gasteiger partial charge in [0.2, 0.25) is 0 Å². The molecule has 1 N–H and O–H groups in total. The molecule has 1 unspecified atom stereocenters. The molecule has 5 heteroatoms. The standard InChI is InChI=1S/C15H20N2O2S/c1-3-17-15(2,11-16)6-9-20-12-4-5-13-14(10-12)19-8-7-18-13/h4-5,10,17H,3,6-9H2,1-2H3. The van der Waals surface area contributed by atoms with Gasteiger partial charge in [-0.2, -0.15) is 5.26 Å². The highest BCUT2D eigenvalue weighted by Crippen LogP contribution is 2.34. The zero-order valence-electron chi connectivity index (χ0n) is 11.9. The minimum absolute atomic E-state index is 0.449. The van der Waals surface area contributed by atoms with Gasteiger partial charge in [-0.05, 0) is 38.1 Å². The Hall–Kier alpha value is -1.38. The molecule has 0 amide bonds. The van der Waals surface area contributed by atoms with Crippen LogP contribution >= 0.6 is 11.8 Å². The van der Waals surface area contributed by atoms with E-state index in [1.165, 1.54) is 0 Å². The number of rotatable bonds is 6. The van der Waals surface area contributed by atoms with E-state index in [0.29, 0.717) is 13.2 Å². The van der Waals surface area contributed by atoms with Crippen LogP contribution in [0.15, 0.2) is 23.1 Å². The number of benzene rings is 1. The van der Waals surface area contributed by atoms with Crippen LogP contribution in [0.5, 0.6) is 11.5 Å². The maximum Gasteiger partial charge on any atom is 0.162 e. The molecule has 0 saturated heterocycles. The monoisotopic (exact) mass is 292 g/mol. The fourth-order valence-corrected chi connectivity index (χ4v) is 3.16. The highest BCUT2D eigenvalue weighted by molar-refractivity contribution is 7.99. The van der Waals surface area contributed by atoms with E-state index in [1.807, 2.05) is 32.0 Å². The predicted molar refractivity (Wildman–Crippen MR) is 80.5 cm³/mol. The van der Waals surface area contributed by atoms with Crippen LogP contribution in [-0.4, -0.2) is 31.1 Å². The molecular formula is C15H20N2O2S. The molecule has 1 aromatic carbocycles. The molecule has 1 aliphatic rings. The Bertz CT molecular complexity index is 501. The molecule has 108 valence electrons.